The quantitative estimate of drug-likeness (QED) is 0.382. The zero-order valence-corrected chi connectivity index (χ0v) is 16.5. The number of rotatable bonds is 8. The molecule has 0 spiro atoms. The van der Waals surface area contributed by atoms with Crippen LogP contribution < -0.4 is 21.9 Å². The molecule has 11 heteroatoms. The summed E-state index contributed by atoms with van der Waals surface area (Å²) in [6.45, 7) is 3.63. The number of aromatic nitrogens is 2. The second kappa shape index (κ2) is 9.59. The third-order valence-corrected chi connectivity index (χ3v) is 4.53. The molecule has 0 saturated carbocycles. The molecule has 2 rings (SSSR count). The van der Waals surface area contributed by atoms with Gasteiger partial charge in [-0.05, 0) is 18.9 Å². The number of amides is 1. The Hall–Kier alpha value is -3.11. The van der Waals surface area contributed by atoms with Crippen LogP contribution in [0.5, 0.6) is 0 Å². The zero-order chi connectivity index (χ0) is 22.6. The summed E-state index contributed by atoms with van der Waals surface area (Å²) in [5, 5.41) is 0. The van der Waals surface area contributed by atoms with Crippen LogP contribution >= 0.6 is 0 Å². The minimum Gasteiger partial charge on any atom is -0.383 e. The fraction of sp³-hybridized carbons (Fsp3) is 0.421. The topological polar surface area (TPSA) is 101 Å². The highest BCUT2D eigenvalue weighted by molar-refractivity contribution is 6.07. The lowest BCUT2D eigenvalue weighted by Gasteiger charge is -2.25. The molecule has 0 bridgehead atoms. The maximum absolute atomic E-state index is 14.2. The van der Waals surface area contributed by atoms with Crippen LogP contribution in [0, 0.1) is 23.3 Å². The SMILES string of the molecule is CCCCN(C(=O)c1cc(F)c(F)c(F)c1F)c1c(N)n(CCCC)c(=O)[nH]c1=O. The number of carbonyl (C=O) groups is 1. The van der Waals surface area contributed by atoms with Crippen LogP contribution in [0.15, 0.2) is 15.7 Å². The zero-order valence-electron chi connectivity index (χ0n) is 16.5. The van der Waals surface area contributed by atoms with Crippen LogP contribution in [-0.4, -0.2) is 22.0 Å². The van der Waals surface area contributed by atoms with Crippen LogP contribution in [0.1, 0.15) is 49.9 Å². The van der Waals surface area contributed by atoms with Crippen LogP contribution in [0.2, 0.25) is 0 Å². The van der Waals surface area contributed by atoms with Crippen molar-refractivity contribution in [3.05, 3.63) is 55.7 Å². The number of aromatic amines is 1. The van der Waals surface area contributed by atoms with Crippen LogP contribution in [0.3, 0.4) is 0 Å². The smallest absolute Gasteiger partial charge is 0.330 e. The van der Waals surface area contributed by atoms with Gasteiger partial charge in [0, 0.05) is 13.1 Å². The predicted molar refractivity (Wildman–Crippen MR) is 104 cm³/mol. The molecule has 1 heterocycles. The van der Waals surface area contributed by atoms with Gasteiger partial charge in [-0.15, -0.1) is 0 Å². The van der Waals surface area contributed by atoms with Crippen molar-refractivity contribution in [3.63, 3.8) is 0 Å². The van der Waals surface area contributed by atoms with E-state index in [4.69, 9.17) is 5.73 Å². The Morgan fingerprint density at radius 2 is 1.70 bits per heavy atom. The van der Waals surface area contributed by atoms with Gasteiger partial charge in [0.05, 0.1) is 5.56 Å². The van der Waals surface area contributed by atoms with E-state index in [-0.39, 0.29) is 25.0 Å². The molecule has 2 aromatic rings. The van der Waals surface area contributed by atoms with E-state index < -0.39 is 51.7 Å². The van der Waals surface area contributed by atoms with E-state index in [0.29, 0.717) is 25.7 Å². The summed E-state index contributed by atoms with van der Waals surface area (Å²) in [4.78, 5) is 40.3. The molecule has 30 heavy (non-hydrogen) atoms. The second-order valence-corrected chi connectivity index (χ2v) is 6.66. The van der Waals surface area contributed by atoms with Gasteiger partial charge in [-0.25, -0.2) is 22.4 Å². The molecule has 0 aliphatic carbocycles. The molecule has 0 aliphatic heterocycles. The number of carbonyl (C=O) groups excluding carboxylic acids is 1. The largest absolute Gasteiger partial charge is 0.383 e. The molecular formula is C19H22F4N4O3. The number of nitrogens with one attached hydrogen (secondary N) is 1. The van der Waals surface area contributed by atoms with Crippen LogP contribution in [0.4, 0.5) is 29.1 Å². The maximum Gasteiger partial charge on any atom is 0.330 e. The Balaban J connectivity index is 2.69. The van der Waals surface area contributed by atoms with Crippen molar-refractivity contribution in [2.45, 2.75) is 46.1 Å². The molecule has 0 fully saturated rings. The summed E-state index contributed by atoms with van der Waals surface area (Å²) >= 11 is 0. The summed E-state index contributed by atoms with van der Waals surface area (Å²) in [6.07, 6.45) is 2.12. The fourth-order valence-corrected chi connectivity index (χ4v) is 2.88. The number of halogens is 4. The first-order valence-electron chi connectivity index (χ1n) is 9.43. The van der Waals surface area contributed by atoms with Crippen molar-refractivity contribution in [2.24, 2.45) is 0 Å². The summed E-state index contributed by atoms with van der Waals surface area (Å²) in [7, 11) is 0. The maximum atomic E-state index is 14.2. The first kappa shape index (κ1) is 23.2. The van der Waals surface area contributed by atoms with E-state index in [2.05, 4.69) is 0 Å². The van der Waals surface area contributed by atoms with Gasteiger partial charge in [-0.1, -0.05) is 26.7 Å². The van der Waals surface area contributed by atoms with E-state index >= 15 is 0 Å². The lowest BCUT2D eigenvalue weighted by molar-refractivity contribution is 0.0980. The third-order valence-electron chi connectivity index (χ3n) is 4.53. The normalized spacial score (nSPS) is 11.0. The Labute approximate surface area is 169 Å². The average molecular weight is 430 g/mol. The van der Waals surface area contributed by atoms with Crippen molar-refractivity contribution < 1.29 is 22.4 Å². The average Bonchev–Trinajstić information content (AvgIpc) is 2.70. The molecule has 3 N–H and O–H groups in total. The van der Waals surface area contributed by atoms with E-state index in [1.54, 1.807) is 6.92 Å². The molecule has 0 radical (unpaired) electrons. The van der Waals surface area contributed by atoms with E-state index in [1.807, 2.05) is 11.9 Å². The lowest BCUT2D eigenvalue weighted by Crippen LogP contribution is -2.42. The van der Waals surface area contributed by atoms with Crippen molar-refractivity contribution in [1.29, 1.82) is 0 Å². The van der Waals surface area contributed by atoms with Crippen molar-refractivity contribution in [3.8, 4) is 0 Å². The molecule has 0 unspecified atom stereocenters. The van der Waals surface area contributed by atoms with Crippen LogP contribution in [-0.2, 0) is 6.54 Å². The van der Waals surface area contributed by atoms with E-state index in [9.17, 15) is 31.9 Å². The van der Waals surface area contributed by atoms with Crippen molar-refractivity contribution in [1.82, 2.24) is 9.55 Å². The van der Waals surface area contributed by atoms with Crippen molar-refractivity contribution >= 4 is 17.4 Å². The van der Waals surface area contributed by atoms with E-state index in [0.717, 1.165) is 9.47 Å². The highest BCUT2D eigenvalue weighted by Gasteiger charge is 2.30. The highest BCUT2D eigenvalue weighted by Crippen LogP contribution is 2.24. The molecule has 1 amide bonds. The number of hydrogen-bond acceptors (Lipinski definition) is 4. The number of benzene rings is 1. The minimum absolute atomic E-state index is 0.148. The number of unbranched alkanes of at least 4 members (excludes halogenated alkanes) is 2. The standard InChI is InChI=1S/C19H22F4N4O3/c1-3-5-7-26(18(29)10-9-11(20)13(22)14(23)12(10)21)15-16(24)27(8-6-4-2)19(30)25-17(15)28/h9H,3-8,24H2,1-2H3,(H,25,28,30). The predicted octanol–water partition coefficient (Wildman–Crippen LogP) is 2.92. The van der Waals surface area contributed by atoms with Crippen LogP contribution in [0.25, 0.3) is 0 Å². The van der Waals surface area contributed by atoms with Gasteiger partial charge in [0.1, 0.15) is 5.82 Å². The first-order valence-corrected chi connectivity index (χ1v) is 9.43. The molecule has 7 nitrogen and oxygen atoms in total. The molecule has 164 valence electrons. The third kappa shape index (κ3) is 4.39. The Morgan fingerprint density at radius 3 is 2.30 bits per heavy atom. The second-order valence-electron chi connectivity index (χ2n) is 6.66. The molecule has 1 aromatic carbocycles. The minimum atomic E-state index is -2.15. The molecule has 0 saturated heterocycles. The Morgan fingerprint density at radius 1 is 1.07 bits per heavy atom. The van der Waals surface area contributed by atoms with Gasteiger partial charge in [0.2, 0.25) is 0 Å². The number of nitrogen functional groups attached to an aromatic ring is 1. The number of nitrogens with two attached hydrogens (primary N) is 1. The summed E-state index contributed by atoms with van der Waals surface area (Å²) in [5.41, 5.74) is 2.62. The van der Waals surface area contributed by atoms with Gasteiger partial charge >= 0.3 is 5.69 Å². The van der Waals surface area contributed by atoms with Gasteiger partial charge in [0.15, 0.2) is 29.0 Å². The lowest BCUT2D eigenvalue weighted by atomic mass is 10.1. The van der Waals surface area contributed by atoms with Gasteiger partial charge in [-0.2, -0.15) is 0 Å². The van der Waals surface area contributed by atoms with Gasteiger partial charge in [0.25, 0.3) is 11.5 Å². The van der Waals surface area contributed by atoms with E-state index in [1.165, 1.54) is 0 Å². The number of anilines is 2. The molecule has 0 atom stereocenters. The number of hydrogen-bond donors (Lipinski definition) is 2. The highest BCUT2D eigenvalue weighted by atomic mass is 19.2. The molecule has 1 aromatic heterocycles. The fourth-order valence-electron chi connectivity index (χ4n) is 2.88. The Bertz CT molecular complexity index is 1070. The number of H-pyrrole nitrogens is 1. The Kier molecular flexibility index (Phi) is 7.41. The monoisotopic (exact) mass is 430 g/mol. The molecular weight excluding hydrogens is 408 g/mol. The van der Waals surface area contributed by atoms with Crippen molar-refractivity contribution in [2.75, 3.05) is 17.2 Å². The van der Waals surface area contributed by atoms with Gasteiger partial charge in [-0.3, -0.25) is 19.1 Å². The summed E-state index contributed by atoms with van der Waals surface area (Å²) < 4.78 is 55.8. The van der Waals surface area contributed by atoms with Gasteiger partial charge < -0.3 is 10.6 Å². The summed E-state index contributed by atoms with van der Waals surface area (Å²) in [6, 6.07) is 0.215. The molecule has 0 aliphatic rings. The number of nitrogens with zero attached hydrogens (tertiary/aromatic N) is 2. The summed E-state index contributed by atoms with van der Waals surface area (Å²) in [5.74, 6) is -9.50. The first-order chi connectivity index (χ1) is 14.1.